The highest BCUT2D eigenvalue weighted by Crippen LogP contribution is 2.21. The molecule has 1 aromatic carbocycles. The lowest BCUT2D eigenvalue weighted by molar-refractivity contribution is -0.116. The lowest BCUT2D eigenvalue weighted by Gasteiger charge is -2.06. The van der Waals surface area contributed by atoms with Crippen molar-refractivity contribution in [1.82, 2.24) is 0 Å². The fourth-order valence-electron chi connectivity index (χ4n) is 1.35. The van der Waals surface area contributed by atoms with Crippen molar-refractivity contribution in [2.75, 3.05) is 5.32 Å². The van der Waals surface area contributed by atoms with E-state index in [1.807, 2.05) is 6.92 Å². The third-order valence-electron chi connectivity index (χ3n) is 2.27. The molecular weight excluding hydrogens is 222 g/mol. The van der Waals surface area contributed by atoms with Crippen LogP contribution in [0.1, 0.15) is 36.5 Å². The van der Waals surface area contributed by atoms with Crippen molar-refractivity contribution in [3.05, 3.63) is 23.8 Å². The van der Waals surface area contributed by atoms with E-state index in [0.29, 0.717) is 12.1 Å². The van der Waals surface area contributed by atoms with Gasteiger partial charge in [-0.15, -0.1) is 0 Å². The quantitative estimate of drug-likeness (QED) is 0.685. The Kier molecular flexibility index (Phi) is 4.51. The molecule has 5 heteroatoms. The third-order valence-corrected chi connectivity index (χ3v) is 2.27. The number of aromatic hydroxyl groups is 1. The van der Waals surface area contributed by atoms with E-state index in [2.05, 4.69) is 5.32 Å². The molecule has 0 fully saturated rings. The van der Waals surface area contributed by atoms with Crippen LogP contribution in [0.15, 0.2) is 18.2 Å². The van der Waals surface area contributed by atoms with Crippen molar-refractivity contribution in [3.8, 4) is 5.75 Å². The van der Waals surface area contributed by atoms with Gasteiger partial charge in [0.05, 0.1) is 0 Å². The largest absolute Gasteiger partial charge is 0.507 e. The van der Waals surface area contributed by atoms with Crippen LogP contribution in [-0.2, 0) is 4.79 Å². The zero-order valence-electron chi connectivity index (χ0n) is 9.56. The molecule has 17 heavy (non-hydrogen) atoms. The molecule has 3 N–H and O–H groups in total. The summed E-state index contributed by atoms with van der Waals surface area (Å²) >= 11 is 0. The summed E-state index contributed by atoms with van der Waals surface area (Å²) in [5.41, 5.74) is 0.152. The first kappa shape index (κ1) is 13.0. The van der Waals surface area contributed by atoms with Crippen LogP contribution in [0.5, 0.6) is 5.75 Å². The summed E-state index contributed by atoms with van der Waals surface area (Å²) < 4.78 is 0. The van der Waals surface area contributed by atoms with Gasteiger partial charge in [0.25, 0.3) is 0 Å². The van der Waals surface area contributed by atoms with Crippen LogP contribution >= 0.6 is 0 Å². The van der Waals surface area contributed by atoms with E-state index in [9.17, 15) is 14.7 Å². The number of benzene rings is 1. The van der Waals surface area contributed by atoms with Crippen molar-refractivity contribution in [2.24, 2.45) is 0 Å². The summed E-state index contributed by atoms with van der Waals surface area (Å²) in [5, 5.41) is 20.7. The second-order valence-corrected chi connectivity index (χ2v) is 3.69. The van der Waals surface area contributed by atoms with Gasteiger partial charge in [0, 0.05) is 12.1 Å². The number of aromatic carboxylic acids is 1. The summed E-state index contributed by atoms with van der Waals surface area (Å²) in [4.78, 5) is 22.2. The van der Waals surface area contributed by atoms with E-state index in [0.717, 1.165) is 12.8 Å². The van der Waals surface area contributed by atoms with Gasteiger partial charge in [-0.05, 0) is 24.6 Å². The maximum Gasteiger partial charge on any atom is 0.339 e. The molecule has 0 aliphatic rings. The number of carboxylic acids is 1. The molecule has 0 heterocycles. The Morgan fingerprint density at radius 2 is 2.06 bits per heavy atom. The zero-order valence-corrected chi connectivity index (χ0v) is 9.56. The van der Waals surface area contributed by atoms with Gasteiger partial charge in [-0.2, -0.15) is 0 Å². The minimum absolute atomic E-state index is 0.158. The maximum atomic E-state index is 11.4. The number of hydrogen-bond acceptors (Lipinski definition) is 3. The predicted molar refractivity (Wildman–Crippen MR) is 63.2 cm³/mol. The monoisotopic (exact) mass is 237 g/mol. The molecule has 0 aliphatic carbocycles. The van der Waals surface area contributed by atoms with Crippen LogP contribution in [0.4, 0.5) is 5.69 Å². The van der Waals surface area contributed by atoms with Gasteiger partial charge in [-0.25, -0.2) is 4.79 Å². The van der Waals surface area contributed by atoms with Crippen molar-refractivity contribution in [1.29, 1.82) is 0 Å². The molecule has 1 aromatic rings. The molecule has 0 spiro atoms. The van der Waals surface area contributed by atoms with E-state index in [1.54, 1.807) is 0 Å². The Morgan fingerprint density at radius 1 is 1.35 bits per heavy atom. The number of nitrogens with one attached hydrogen (secondary N) is 1. The smallest absolute Gasteiger partial charge is 0.339 e. The molecule has 0 saturated carbocycles. The van der Waals surface area contributed by atoms with E-state index in [-0.39, 0.29) is 17.2 Å². The number of anilines is 1. The highest BCUT2D eigenvalue weighted by molar-refractivity contribution is 5.95. The number of carbonyl (C=O) groups is 2. The van der Waals surface area contributed by atoms with Gasteiger partial charge in [-0.3, -0.25) is 4.79 Å². The zero-order chi connectivity index (χ0) is 12.8. The number of unbranched alkanes of at least 4 members (excludes halogenated alkanes) is 1. The summed E-state index contributed by atoms with van der Waals surface area (Å²) in [6.45, 7) is 1.98. The minimum Gasteiger partial charge on any atom is -0.507 e. The van der Waals surface area contributed by atoms with Crippen molar-refractivity contribution in [3.63, 3.8) is 0 Å². The fourth-order valence-corrected chi connectivity index (χ4v) is 1.35. The van der Waals surface area contributed by atoms with Crippen molar-refractivity contribution in [2.45, 2.75) is 26.2 Å². The highest BCUT2D eigenvalue weighted by Gasteiger charge is 2.11. The van der Waals surface area contributed by atoms with Gasteiger partial charge in [0.15, 0.2) is 0 Å². The van der Waals surface area contributed by atoms with Crippen LogP contribution in [0.25, 0.3) is 0 Å². The van der Waals surface area contributed by atoms with Crippen molar-refractivity contribution >= 4 is 17.6 Å². The van der Waals surface area contributed by atoms with E-state index in [1.165, 1.54) is 18.2 Å². The molecule has 1 amide bonds. The molecule has 1 rings (SSSR count). The first-order valence-electron chi connectivity index (χ1n) is 5.40. The Labute approximate surface area is 99.1 Å². The minimum atomic E-state index is -1.23. The second-order valence-electron chi connectivity index (χ2n) is 3.69. The molecule has 0 bridgehead atoms. The topological polar surface area (TPSA) is 86.6 Å². The Balaban J connectivity index is 2.75. The Morgan fingerprint density at radius 3 is 2.65 bits per heavy atom. The molecule has 0 radical (unpaired) electrons. The molecule has 0 unspecified atom stereocenters. The number of rotatable bonds is 5. The lowest BCUT2D eigenvalue weighted by Crippen LogP contribution is -2.11. The average molecular weight is 237 g/mol. The number of amides is 1. The number of carboxylic acid groups (broad SMARTS) is 1. The molecular formula is C12H15NO4. The normalized spacial score (nSPS) is 9.94. The maximum absolute atomic E-state index is 11.4. The lowest BCUT2D eigenvalue weighted by atomic mass is 10.1. The van der Waals surface area contributed by atoms with Crippen LogP contribution < -0.4 is 5.32 Å². The third kappa shape index (κ3) is 3.79. The first-order valence-corrected chi connectivity index (χ1v) is 5.40. The van der Waals surface area contributed by atoms with Crippen molar-refractivity contribution < 1.29 is 19.8 Å². The molecule has 0 atom stereocenters. The Bertz CT molecular complexity index is 429. The van der Waals surface area contributed by atoms with Crippen LogP contribution in [-0.4, -0.2) is 22.1 Å². The van der Waals surface area contributed by atoms with E-state index in [4.69, 9.17) is 5.11 Å². The van der Waals surface area contributed by atoms with E-state index < -0.39 is 5.97 Å². The van der Waals surface area contributed by atoms with Gasteiger partial charge >= 0.3 is 5.97 Å². The summed E-state index contributed by atoms with van der Waals surface area (Å²) in [6.07, 6.45) is 2.11. The standard InChI is InChI=1S/C12H15NO4/c1-2-3-4-11(15)13-8-5-6-10(14)9(7-8)12(16)17/h5-7,14H,2-4H2,1H3,(H,13,15)(H,16,17). The average Bonchev–Trinajstić information content (AvgIpc) is 2.28. The van der Waals surface area contributed by atoms with E-state index >= 15 is 0 Å². The molecule has 5 nitrogen and oxygen atoms in total. The SMILES string of the molecule is CCCCC(=O)Nc1ccc(O)c(C(=O)O)c1. The van der Waals surface area contributed by atoms with Crippen LogP contribution in [0.3, 0.4) is 0 Å². The summed E-state index contributed by atoms with van der Waals surface area (Å²) in [5.74, 6) is -1.70. The van der Waals surface area contributed by atoms with Gasteiger partial charge in [0.2, 0.25) is 5.91 Å². The molecule has 0 saturated heterocycles. The number of phenols is 1. The molecule has 92 valence electrons. The number of carbonyl (C=O) groups excluding carboxylic acids is 1. The fraction of sp³-hybridized carbons (Fsp3) is 0.333. The van der Waals surface area contributed by atoms with Crippen LogP contribution in [0.2, 0.25) is 0 Å². The van der Waals surface area contributed by atoms with Gasteiger partial charge in [0.1, 0.15) is 11.3 Å². The second kappa shape index (κ2) is 5.89. The van der Waals surface area contributed by atoms with Gasteiger partial charge < -0.3 is 15.5 Å². The predicted octanol–water partition coefficient (Wildman–Crippen LogP) is 2.22. The number of hydrogen-bond donors (Lipinski definition) is 3. The highest BCUT2D eigenvalue weighted by atomic mass is 16.4. The Hall–Kier alpha value is -2.04. The molecule has 0 aliphatic heterocycles. The summed E-state index contributed by atoms with van der Waals surface area (Å²) in [6, 6.07) is 3.95. The summed E-state index contributed by atoms with van der Waals surface area (Å²) in [7, 11) is 0. The van der Waals surface area contributed by atoms with Gasteiger partial charge in [-0.1, -0.05) is 13.3 Å². The molecule has 0 aromatic heterocycles. The first-order chi connectivity index (χ1) is 8.04. The van der Waals surface area contributed by atoms with Crippen LogP contribution in [0, 0.1) is 0 Å².